The monoisotopic (exact) mass is 455 g/mol. The fraction of sp³-hybridized carbons (Fsp3) is 0.636. The number of aliphatic hydroxyl groups is 1. The molecule has 1 fully saturated rings. The number of halogens is 1. The van der Waals surface area contributed by atoms with E-state index >= 15 is 0 Å². The second-order valence-electron chi connectivity index (χ2n) is 8.51. The van der Waals surface area contributed by atoms with Gasteiger partial charge in [0.2, 0.25) is 5.91 Å². The second kappa shape index (κ2) is 12.1. The Balaban J connectivity index is 0.00000341. The molecule has 31 heavy (non-hydrogen) atoms. The van der Waals surface area contributed by atoms with Crippen LogP contribution in [0.3, 0.4) is 0 Å². The predicted octanol–water partition coefficient (Wildman–Crippen LogP) is 2.58. The van der Waals surface area contributed by atoms with Gasteiger partial charge < -0.3 is 30.1 Å². The Morgan fingerprint density at radius 3 is 2.71 bits per heavy atom. The van der Waals surface area contributed by atoms with Crippen LogP contribution < -0.4 is 15.4 Å². The van der Waals surface area contributed by atoms with Gasteiger partial charge in [0.15, 0.2) is 0 Å². The van der Waals surface area contributed by atoms with Crippen LogP contribution in [-0.4, -0.2) is 67.0 Å². The first-order valence-electron chi connectivity index (χ1n) is 10.8. The van der Waals surface area contributed by atoms with Crippen LogP contribution >= 0.6 is 12.4 Å². The molecule has 8 nitrogen and oxygen atoms in total. The van der Waals surface area contributed by atoms with Crippen molar-refractivity contribution in [1.82, 2.24) is 10.2 Å². The molecule has 1 aromatic carbocycles. The molecular formula is C22H34ClN3O5. The minimum atomic E-state index is -0.612. The molecule has 2 amide bonds. The van der Waals surface area contributed by atoms with Crippen molar-refractivity contribution >= 4 is 30.1 Å². The lowest BCUT2D eigenvalue weighted by Gasteiger charge is -2.33. The van der Waals surface area contributed by atoms with Gasteiger partial charge in [-0.15, -0.1) is 12.4 Å². The first-order chi connectivity index (χ1) is 14.4. The number of anilines is 1. The van der Waals surface area contributed by atoms with Crippen molar-refractivity contribution in [2.45, 2.75) is 51.7 Å². The fourth-order valence-corrected chi connectivity index (χ4v) is 3.77. The zero-order valence-corrected chi connectivity index (χ0v) is 19.1. The first-order valence-corrected chi connectivity index (χ1v) is 10.8. The van der Waals surface area contributed by atoms with E-state index in [2.05, 4.69) is 15.5 Å². The van der Waals surface area contributed by atoms with Gasteiger partial charge in [-0.3, -0.25) is 4.79 Å². The number of alkyl carbamates (subject to hydrolysis) is 1. The Bertz CT molecular complexity index is 738. The highest BCUT2D eigenvalue weighted by atomic mass is 35.5. The molecule has 1 saturated heterocycles. The fourth-order valence-electron chi connectivity index (χ4n) is 3.77. The van der Waals surface area contributed by atoms with Crippen LogP contribution in [0.15, 0.2) is 18.2 Å². The molecule has 0 spiro atoms. The maximum absolute atomic E-state index is 11.8. The van der Waals surface area contributed by atoms with Crippen molar-refractivity contribution in [3.8, 4) is 5.75 Å². The van der Waals surface area contributed by atoms with E-state index in [-0.39, 0.29) is 37.1 Å². The highest BCUT2D eigenvalue weighted by molar-refractivity contribution is 5.94. The van der Waals surface area contributed by atoms with Crippen LogP contribution in [0.25, 0.3) is 0 Å². The number of likely N-dealkylation sites (tertiary alicyclic amines) is 1. The van der Waals surface area contributed by atoms with Crippen molar-refractivity contribution in [1.29, 1.82) is 0 Å². The maximum Gasteiger partial charge on any atom is 0.407 e. The Morgan fingerprint density at radius 2 is 2.00 bits per heavy atom. The summed E-state index contributed by atoms with van der Waals surface area (Å²) in [5.74, 6) is 1.06. The Labute approximate surface area is 190 Å². The van der Waals surface area contributed by atoms with Gasteiger partial charge in [0, 0.05) is 43.3 Å². The average molecular weight is 456 g/mol. The van der Waals surface area contributed by atoms with Crippen molar-refractivity contribution < 1.29 is 24.2 Å². The molecule has 3 N–H and O–H groups in total. The smallest absolute Gasteiger partial charge is 0.407 e. The Morgan fingerprint density at radius 1 is 1.26 bits per heavy atom. The predicted molar refractivity (Wildman–Crippen MR) is 121 cm³/mol. The Kier molecular flexibility index (Phi) is 9.87. The summed E-state index contributed by atoms with van der Waals surface area (Å²) in [6, 6.07) is 5.70. The van der Waals surface area contributed by atoms with Gasteiger partial charge in [0.25, 0.3) is 0 Å². The minimum absolute atomic E-state index is 0. The van der Waals surface area contributed by atoms with Gasteiger partial charge in [-0.25, -0.2) is 4.79 Å². The van der Waals surface area contributed by atoms with E-state index in [9.17, 15) is 14.7 Å². The van der Waals surface area contributed by atoms with Crippen LogP contribution in [0.1, 0.15) is 38.7 Å². The van der Waals surface area contributed by atoms with E-state index in [1.54, 1.807) is 0 Å². The minimum Gasteiger partial charge on any atom is -0.490 e. The van der Waals surface area contributed by atoms with Crippen LogP contribution in [0, 0.1) is 5.92 Å². The van der Waals surface area contributed by atoms with Gasteiger partial charge in [-0.05, 0) is 37.3 Å². The van der Waals surface area contributed by atoms with Crippen LogP contribution in [-0.2, 0) is 16.0 Å². The number of fused-ring (bicyclic) bond motifs is 1. The maximum atomic E-state index is 11.8. The molecule has 0 radical (unpaired) electrons. The third-order valence-corrected chi connectivity index (χ3v) is 5.37. The summed E-state index contributed by atoms with van der Waals surface area (Å²) in [5.41, 5.74) is 1.78. The third kappa shape index (κ3) is 7.87. The number of piperidine rings is 1. The quantitative estimate of drug-likeness (QED) is 0.557. The number of benzene rings is 1. The summed E-state index contributed by atoms with van der Waals surface area (Å²) in [6.07, 6.45) is 1.79. The molecule has 9 heteroatoms. The number of carbonyl (C=O) groups excluding carboxylic acids is 2. The molecule has 2 heterocycles. The third-order valence-electron chi connectivity index (χ3n) is 5.37. The molecule has 2 aliphatic rings. The van der Waals surface area contributed by atoms with E-state index < -0.39 is 6.10 Å². The summed E-state index contributed by atoms with van der Waals surface area (Å²) < 4.78 is 11.0. The lowest BCUT2D eigenvalue weighted by atomic mass is 10.0. The molecule has 174 valence electrons. The lowest BCUT2D eigenvalue weighted by molar-refractivity contribution is -0.116. The molecule has 2 aliphatic heterocycles. The van der Waals surface area contributed by atoms with E-state index in [4.69, 9.17) is 9.47 Å². The number of aliphatic hydroxyl groups excluding tert-OH is 1. The van der Waals surface area contributed by atoms with Crippen LogP contribution in [0.2, 0.25) is 0 Å². The zero-order valence-electron chi connectivity index (χ0n) is 18.3. The molecule has 0 saturated carbocycles. The summed E-state index contributed by atoms with van der Waals surface area (Å²) >= 11 is 0. The molecule has 1 aromatic rings. The summed E-state index contributed by atoms with van der Waals surface area (Å²) in [4.78, 5) is 25.5. The van der Waals surface area contributed by atoms with Crippen LogP contribution in [0.5, 0.6) is 5.75 Å². The van der Waals surface area contributed by atoms with E-state index in [0.29, 0.717) is 31.9 Å². The van der Waals surface area contributed by atoms with Crippen molar-refractivity contribution in [2.75, 3.05) is 38.2 Å². The highest BCUT2D eigenvalue weighted by Crippen LogP contribution is 2.31. The number of hydrogen-bond donors (Lipinski definition) is 3. The van der Waals surface area contributed by atoms with Crippen LogP contribution in [0.4, 0.5) is 10.5 Å². The number of amides is 2. The number of rotatable bonds is 8. The molecule has 0 aromatic heterocycles. The lowest BCUT2D eigenvalue weighted by Crippen LogP contribution is -2.47. The van der Waals surface area contributed by atoms with E-state index in [1.165, 1.54) is 0 Å². The number of carbonyl (C=O) groups is 2. The van der Waals surface area contributed by atoms with E-state index in [0.717, 1.165) is 42.9 Å². The van der Waals surface area contributed by atoms with Crippen molar-refractivity contribution in [2.24, 2.45) is 5.92 Å². The summed E-state index contributed by atoms with van der Waals surface area (Å²) in [7, 11) is 0. The number of nitrogens with one attached hydrogen (secondary N) is 2. The van der Waals surface area contributed by atoms with Gasteiger partial charge in [0.05, 0.1) is 6.61 Å². The highest BCUT2D eigenvalue weighted by Gasteiger charge is 2.24. The standard InChI is InChI=1S/C22H33N3O5.ClH/c1-15(2)13-30-22(28)23-16-8-10-25(11-9-16)12-17(26)14-29-20-5-3-4-19-18(20)6-7-21(27)24-19;/h3-5,15-17,26H,6-14H2,1-2H3,(H,23,28)(H,24,27);1H/t17-;/m0./s1. The van der Waals surface area contributed by atoms with Gasteiger partial charge in [-0.2, -0.15) is 0 Å². The first kappa shape index (κ1) is 25.2. The largest absolute Gasteiger partial charge is 0.490 e. The number of ether oxygens (including phenoxy) is 2. The molecule has 1 atom stereocenters. The summed E-state index contributed by atoms with van der Waals surface area (Å²) in [6.45, 7) is 6.77. The molecule has 0 bridgehead atoms. The SMILES string of the molecule is CC(C)COC(=O)NC1CCN(C[C@H](O)COc2cccc3c2CCC(=O)N3)CC1.Cl. The molecular weight excluding hydrogens is 422 g/mol. The van der Waals surface area contributed by atoms with Gasteiger partial charge >= 0.3 is 6.09 Å². The zero-order chi connectivity index (χ0) is 21.5. The average Bonchev–Trinajstić information content (AvgIpc) is 2.72. The molecule has 0 aliphatic carbocycles. The second-order valence-corrected chi connectivity index (χ2v) is 8.51. The normalized spacial score (nSPS) is 17.9. The molecule has 0 unspecified atom stereocenters. The number of β-amino-alcohol motifs (C(OH)–C–C–N with tert-alkyl or cyclic N) is 1. The van der Waals surface area contributed by atoms with Gasteiger partial charge in [-0.1, -0.05) is 19.9 Å². The topological polar surface area (TPSA) is 100 Å². The van der Waals surface area contributed by atoms with E-state index in [1.807, 2.05) is 32.0 Å². The number of hydrogen-bond acceptors (Lipinski definition) is 6. The Hall–Kier alpha value is -2.03. The summed E-state index contributed by atoms with van der Waals surface area (Å²) in [5, 5.41) is 16.2. The van der Waals surface area contributed by atoms with Crippen molar-refractivity contribution in [3.05, 3.63) is 23.8 Å². The van der Waals surface area contributed by atoms with Crippen molar-refractivity contribution in [3.63, 3.8) is 0 Å². The molecule has 3 rings (SSSR count). The van der Waals surface area contributed by atoms with Gasteiger partial charge in [0.1, 0.15) is 18.5 Å². The number of nitrogens with zero attached hydrogens (tertiary/aromatic N) is 1.